The maximum absolute atomic E-state index is 6.21. The Morgan fingerprint density at radius 1 is 1.19 bits per heavy atom. The molecule has 0 fully saturated rings. The minimum atomic E-state index is 0.519. The lowest BCUT2D eigenvalue weighted by Gasteiger charge is -2.08. The molecule has 2 aromatic heterocycles. The highest BCUT2D eigenvalue weighted by Gasteiger charge is 2.14. The van der Waals surface area contributed by atoms with Crippen molar-refractivity contribution in [2.75, 3.05) is 0 Å². The van der Waals surface area contributed by atoms with Crippen molar-refractivity contribution in [3.8, 4) is 11.4 Å². The number of benzene rings is 1. The van der Waals surface area contributed by atoms with E-state index in [1.54, 1.807) is 35.3 Å². The topological polar surface area (TPSA) is 56.5 Å². The summed E-state index contributed by atoms with van der Waals surface area (Å²) in [6, 6.07) is 7.16. The Labute approximate surface area is 131 Å². The van der Waals surface area contributed by atoms with E-state index in [9.17, 15) is 0 Å². The molecule has 5 nitrogen and oxygen atoms in total. The van der Waals surface area contributed by atoms with E-state index in [0.717, 1.165) is 11.1 Å². The Kier molecular flexibility index (Phi) is 3.86. The van der Waals surface area contributed by atoms with Gasteiger partial charge >= 0.3 is 0 Å². The van der Waals surface area contributed by atoms with Crippen molar-refractivity contribution in [2.45, 2.75) is 13.5 Å². The van der Waals surface area contributed by atoms with Crippen molar-refractivity contribution < 1.29 is 0 Å². The minimum Gasteiger partial charge on any atom is -0.264 e. The first kappa shape index (κ1) is 14.0. The number of hydrogen-bond acceptors (Lipinski definition) is 4. The van der Waals surface area contributed by atoms with Crippen LogP contribution in [0.5, 0.6) is 0 Å². The zero-order chi connectivity index (χ0) is 14.8. The SMILES string of the molecule is Cc1ccncc1Cn1nnnc1-c1cc(Cl)ccc1Cl. The van der Waals surface area contributed by atoms with E-state index in [4.69, 9.17) is 23.2 Å². The van der Waals surface area contributed by atoms with Crippen LogP contribution in [0.4, 0.5) is 0 Å². The summed E-state index contributed by atoms with van der Waals surface area (Å²) in [4.78, 5) is 4.13. The molecular weight excluding hydrogens is 309 g/mol. The highest BCUT2D eigenvalue weighted by Crippen LogP contribution is 2.29. The van der Waals surface area contributed by atoms with E-state index in [1.807, 2.05) is 13.0 Å². The van der Waals surface area contributed by atoms with Crippen LogP contribution in [0.1, 0.15) is 11.1 Å². The van der Waals surface area contributed by atoms with Gasteiger partial charge in [-0.05, 0) is 52.7 Å². The van der Waals surface area contributed by atoms with Crippen LogP contribution in [0.2, 0.25) is 10.0 Å². The normalized spacial score (nSPS) is 10.8. The molecule has 0 aliphatic carbocycles. The summed E-state index contributed by atoms with van der Waals surface area (Å²) in [5.74, 6) is 0.575. The van der Waals surface area contributed by atoms with Crippen molar-refractivity contribution in [3.05, 3.63) is 57.8 Å². The lowest BCUT2D eigenvalue weighted by Crippen LogP contribution is -2.06. The van der Waals surface area contributed by atoms with Crippen LogP contribution >= 0.6 is 23.2 Å². The molecule has 0 aliphatic heterocycles. The smallest absolute Gasteiger partial charge is 0.183 e. The van der Waals surface area contributed by atoms with Crippen LogP contribution in [-0.4, -0.2) is 25.2 Å². The summed E-state index contributed by atoms with van der Waals surface area (Å²) in [5.41, 5.74) is 2.88. The number of hydrogen-bond donors (Lipinski definition) is 0. The Morgan fingerprint density at radius 3 is 2.86 bits per heavy atom. The fourth-order valence-electron chi connectivity index (χ4n) is 2.00. The van der Waals surface area contributed by atoms with Crippen LogP contribution in [0.25, 0.3) is 11.4 Å². The van der Waals surface area contributed by atoms with Crippen LogP contribution in [0, 0.1) is 6.92 Å². The second kappa shape index (κ2) is 5.79. The molecule has 1 aromatic carbocycles. The molecule has 106 valence electrons. The third-order valence-electron chi connectivity index (χ3n) is 3.17. The number of rotatable bonds is 3. The Balaban J connectivity index is 2.02. The molecular formula is C14H11Cl2N5. The highest BCUT2D eigenvalue weighted by atomic mass is 35.5. The fourth-order valence-corrected chi connectivity index (χ4v) is 2.37. The van der Waals surface area contributed by atoms with Crippen molar-refractivity contribution in [2.24, 2.45) is 0 Å². The summed E-state index contributed by atoms with van der Waals surface area (Å²) in [6.45, 7) is 2.54. The summed E-state index contributed by atoms with van der Waals surface area (Å²) >= 11 is 12.2. The van der Waals surface area contributed by atoms with E-state index in [-0.39, 0.29) is 0 Å². The monoisotopic (exact) mass is 319 g/mol. The molecule has 0 unspecified atom stereocenters. The van der Waals surface area contributed by atoms with E-state index >= 15 is 0 Å². The second-order valence-corrected chi connectivity index (χ2v) is 5.43. The third-order valence-corrected chi connectivity index (χ3v) is 3.73. The summed E-state index contributed by atoms with van der Waals surface area (Å²) < 4.78 is 1.68. The molecule has 0 aliphatic rings. The van der Waals surface area contributed by atoms with Gasteiger partial charge in [0.25, 0.3) is 0 Å². The lowest BCUT2D eigenvalue weighted by molar-refractivity contribution is 0.649. The van der Waals surface area contributed by atoms with Crippen molar-refractivity contribution in [3.63, 3.8) is 0 Å². The molecule has 7 heteroatoms. The number of tetrazole rings is 1. The molecule has 0 amide bonds. The third kappa shape index (κ3) is 2.89. The van der Waals surface area contributed by atoms with Gasteiger partial charge in [-0.25, -0.2) is 4.68 Å². The first-order valence-electron chi connectivity index (χ1n) is 6.26. The summed E-state index contributed by atoms with van der Waals surface area (Å²) in [5, 5.41) is 13.0. The maximum Gasteiger partial charge on any atom is 0.183 e. The number of aromatic nitrogens is 5. The molecule has 0 N–H and O–H groups in total. The maximum atomic E-state index is 6.21. The van der Waals surface area contributed by atoms with Crippen molar-refractivity contribution >= 4 is 23.2 Å². The first-order chi connectivity index (χ1) is 10.1. The quantitative estimate of drug-likeness (QED) is 0.742. The summed E-state index contributed by atoms with van der Waals surface area (Å²) in [7, 11) is 0. The number of halogens is 2. The van der Waals surface area contributed by atoms with Crippen LogP contribution in [0.15, 0.2) is 36.7 Å². The summed E-state index contributed by atoms with van der Waals surface area (Å²) in [6.07, 6.45) is 3.56. The van der Waals surface area contributed by atoms with Gasteiger partial charge in [0.05, 0.1) is 11.6 Å². The van der Waals surface area contributed by atoms with E-state index < -0.39 is 0 Å². The van der Waals surface area contributed by atoms with Crippen molar-refractivity contribution in [1.82, 2.24) is 25.2 Å². The lowest BCUT2D eigenvalue weighted by atomic mass is 10.1. The van der Waals surface area contributed by atoms with Crippen LogP contribution < -0.4 is 0 Å². The highest BCUT2D eigenvalue weighted by molar-refractivity contribution is 6.35. The van der Waals surface area contributed by atoms with Gasteiger partial charge in [0.1, 0.15) is 0 Å². The van der Waals surface area contributed by atoms with Gasteiger partial charge in [0.15, 0.2) is 5.82 Å². The molecule has 0 atom stereocenters. The molecule has 0 bridgehead atoms. The van der Waals surface area contributed by atoms with Crippen LogP contribution in [-0.2, 0) is 6.54 Å². The zero-order valence-corrected chi connectivity index (χ0v) is 12.7. The van der Waals surface area contributed by atoms with Gasteiger partial charge in [0, 0.05) is 23.0 Å². The van der Waals surface area contributed by atoms with Crippen LogP contribution in [0.3, 0.4) is 0 Å². The second-order valence-electron chi connectivity index (χ2n) is 4.59. The average Bonchev–Trinajstić information content (AvgIpc) is 2.92. The molecule has 0 saturated heterocycles. The number of pyridine rings is 1. The molecule has 0 saturated carbocycles. The zero-order valence-electron chi connectivity index (χ0n) is 11.2. The van der Waals surface area contributed by atoms with E-state index in [1.165, 1.54) is 0 Å². The van der Waals surface area contributed by atoms with Gasteiger partial charge in [0.2, 0.25) is 0 Å². The minimum absolute atomic E-state index is 0.519. The Morgan fingerprint density at radius 2 is 2.05 bits per heavy atom. The molecule has 0 spiro atoms. The molecule has 3 rings (SSSR count). The number of aryl methyl sites for hydroxylation is 1. The fraction of sp³-hybridized carbons (Fsp3) is 0.143. The van der Waals surface area contributed by atoms with E-state index in [0.29, 0.717) is 28.0 Å². The first-order valence-corrected chi connectivity index (χ1v) is 7.02. The predicted octanol–water partition coefficient (Wildman–Crippen LogP) is 3.40. The Bertz CT molecular complexity index is 785. The largest absolute Gasteiger partial charge is 0.264 e. The van der Waals surface area contributed by atoms with Gasteiger partial charge in [-0.2, -0.15) is 0 Å². The number of nitrogens with zero attached hydrogens (tertiary/aromatic N) is 5. The van der Waals surface area contributed by atoms with Gasteiger partial charge in [-0.15, -0.1) is 5.10 Å². The molecule has 2 heterocycles. The van der Waals surface area contributed by atoms with Crippen molar-refractivity contribution in [1.29, 1.82) is 0 Å². The predicted molar refractivity (Wildman–Crippen MR) is 81.3 cm³/mol. The molecule has 21 heavy (non-hydrogen) atoms. The Hall–Kier alpha value is -1.98. The van der Waals surface area contributed by atoms with Gasteiger partial charge in [-0.3, -0.25) is 4.98 Å². The van der Waals surface area contributed by atoms with Gasteiger partial charge in [-0.1, -0.05) is 23.2 Å². The van der Waals surface area contributed by atoms with E-state index in [2.05, 4.69) is 20.5 Å². The average molecular weight is 320 g/mol. The molecule has 0 radical (unpaired) electrons. The van der Waals surface area contributed by atoms with Gasteiger partial charge < -0.3 is 0 Å². The standard InChI is InChI=1S/C14H11Cl2N5/c1-9-4-5-17-7-10(9)8-21-14(18-19-20-21)12-6-11(15)2-3-13(12)16/h2-7H,8H2,1H3. The molecule has 3 aromatic rings.